The molecule has 0 aliphatic heterocycles. The Morgan fingerprint density at radius 3 is 2.61 bits per heavy atom. The maximum absolute atomic E-state index is 12.5. The molecule has 1 fully saturated rings. The van der Waals surface area contributed by atoms with Crippen LogP contribution in [-0.2, 0) is 4.79 Å². The van der Waals surface area contributed by atoms with Gasteiger partial charge in [-0.15, -0.1) is 0 Å². The highest BCUT2D eigenvalue weighted by Crippen LogP contribution is 2.33. The van der Waals surface area contributed by atoms with Crippen LogP contribution in [0.4, 0.5) is 8.78 Å². The van der Waals surface area contributed by atoms with Crippen molar-refractivity contribution in [1.82, 2.24) is 5.32 Å². The normalized spacial score (nSPS) is 18.0. The average Bonchev–Trinajstić information content (AvgIpc) is 2.91. The Balaban J connectivity index is 2.06. The number of rotatable bonds is 7. The zero-order valence-corrected chi connectivity index (χ0v) is 13.2. The van der Waals surface area contributed by atoms with E-state index in [1.807, 2.05) is 6.92 Å². The summed E-state index contributed by atoms with van der Waals surface area (Å²) < 4.78 is 29.5. The smallest absolute Gasteiger partial charge is 0.387 e. The molecule has 1 aromatic carbocycles. The molecular formula is C17H23F2NO3. The molecule has 6 heteroatoms. The number of carbonyl (C=O) groups is 1. The largest absolute Gasteiger partial charge is 0.434 e. The lowest BCUT2D eigenvalue weighted by atomic mass is 9.96. The van der Waals surface area contributed by atoms with Gasteiger partial charge in [-0.3, -0.25) is 4.79 Å². The fourth-order valence-corrected chi connectivity index (χ4v) is 3.13. The lowest BCUT2D eigenvalue weighted by Gasteiger charge is -2.25. The third-order valence-electron chi connectivity index (χ3n) is 4.28. The summed E-state index contributed by atoms with van der Waals surface area (Å²) in [5.41, 5.74) is -0.413. The topological polar surface area (TPSA) is 58.6 Å². The summed E-state index contributed by atoms with van der Waals surface area (Å²) in [6, 6.07) is 6.02. The maximum atomic E-state index is 12.5. The molecule has 4 nitrogen and oxygen atoms in total. The van der Waals surface area contributed by atoms with E-state index in [4.69, 9.17) is 0 Å². The van der Waals surface area contributed by atoms with Crippen molar-refractivity contribution in [2.75, 3.05) is 0 Å². The minimum Gasteiger partial charge on any atom is -0.434 e. The first-order chi connectivity index (χ1) is 10.9. The molecule has 1 saturated carbocycles. The zero-order valence-electron chi connectivity index (χ0n) is 13.2. The summed E-state index contributed by atoms with van der Waals surface area (Å²) in [6.45, 7) is -1.06. The summed E-state index contributed by atoms with van der Waals surface area (Å²) in [5, 5.41) is 13.1. The number of alkyl halides is 2. The molecule has 0 radical (unpaired) electrons. The maximum Gasteiger partial charge on any atom is 0.387 e. The van der Waals surface area contributed by atoms with E-state index in [2.05, 4.69) is 10.1 Å². The number of halogens is 2. The fraction of sp³-hybridized carbons (Fsp3) is 0.588. The minimum atomic E-state index is -2.91. The highest BCUT2D eigenvalue weighted by Gasteiger charge is 2.34. The van der Waals surface area contributed by atoms with Crippen LogP contribution in [0.25, 0.3) is 0 Å². The third-order valence-corrected chi connectivity index (χ3v) is 4.28. The predicted molar refractivity (Wildman–Crippen MR) is 82.3 cm³/mol. The second-order valence-corrected chi connectivity index (χ2v) is 6.05. The van der Waals surface area contributed by atoms with Crippen LogP contribution in [0.5, 0.6) is 5.75 Å². The molecule has 23 heavy (non-hydrogen) atoms. The minimum absolute atomic E-state index is 0.0430. The Bertz CT molecular complexity index is 530. The van der Waals surface area contributed by atoms with Crippen molar-refractivity contribution in [2.45, 2.75) is 63.7 Å². The number of para-hydroxylation sites is 1. The Morgan fingerprint density at radius 2 is 2.00 bits per heavy atom. The van der Waals surface area contributed by atoms with Crippen LogP contribution in [0, 0.1) is 0 Å². The highest BCUT2D eigenvalue weighted by atomic mass is 19.3. The molecule has 1 aliphatic rings. The van der Waals surface area contributed by atoms with Crippen molar-refractivity contribution in [3.05, 3.63) is 29.8 Å². The van der Waals surface area contributed by atoms with Gasteiger partial charge >= 0.3 is 6.61 Å². The van der Waals surface area contributed by atoms with Crippen LogP contribution in [0.15, 0.2) is 24.3 Å². The molecule has 1 atom stereocenters. The van der Waals surface area contributed by atoms with Gasteiger partial charge < -0.3 is 15.2 Å². The fourth-order valence-electron chi connectivity index (χ4n) is 3.13. The standard InChI is InChI=1S/C17H23F2NO3/c1-2-13(12-7-3-4-8-14(12)23-16(18)19)20-15(21)11-17(22)9-5-6-10-17/h3-4,7-8,13,16,22H,2,5-6,9-11H2,1H3,(H,20,21). The SMILES string of the molecule is CCC(NC(=O)CC1(O)CCCC1)c1ccccc1OC(F)F. The van der Waals surface area contributed by atoms with E-state index in [-0.39, 0.29) is 18.1 Å². The van der Waals surface area contributed by atoms with Gasteiger partial charge in [0.25, 0.3) is 0 Å². The summed E-state index contributed by atoms with van der Waals surface area (Å²) in [6.07, 6.45) is 3.68. The van der Waals surface area contributed by atoms with E-state index < -0.39 is 18.3 Å². The van der Waals surface area contributed by atoms with Gasteiger partial charge in [-0.1, -0.05) is 38.0 Å². The lowest BCUT2D eigenvalue weighted by Crippen LogP contribution is -2.36. The first-order valence-electron chi connectivity index (χ1n) is 7.99. The van der Waals surface area contributed by atoms with Gasteiger partial charge in [-0.25, -0.2) is 0 Å². The molecule has 1 unspecified atom stereocenters. The summed E-state index contributed by atoms with van der Waals surface area (Å²) in [7, 11) is 0. The number of aliphatic hydroxyl groups is 1. The monoisotopic (exact) mass is 327 g/mol. The first-order valence-corrected chi connectivity index (χ1v) is 7.99. The average molecular weight is 327 g/mol. The Kier molecular flexibility index (Phi) is 5.93. The number of ether oxygens (including phenoxy) is 1. The van der Waals surface area contributed by atoms with E-state index in [9.17, 15) is 18.7 Å². The van der Waals surface area contributed by atoms with E-state index >= 15 is 0 Å². The summed E-state index contributed by atoms with van der Waals surface area (Å²) in [4.78, 5) is 12.2. The molecule has 0 aromatic heterocycles. The zero-order chi connectivity index (χ0) is 16.9. The van der Waals surface area contributed by atoms with Crippen LogP contribution < -0.4 is 10.1 Å². The van der Waals surface area contributed by atoms with Crippen molar-refractivity contribution in [3.63, 3.8) is 0 Å². The second-order valence-electron chi connectivity index (χ2n) is 6.05. The molecule has 0 heterocycles. The molecule has 2 N–H and O–H groups in total. The Hall–Kier alpha value is -1.69. The van der Waals surface area contributed by atoms with Crippen molar-refractivity contribution >= 4 is 5.91 Å². The van der Waals surface area contributed by atoms with E-state index in [0.717, 1.165) is 12.8 Å². The number of carbonyl (C=O) groups excluding carboxylic acids is 1. The van der Waals surface area contributed by atoms with Crippen LogP contribution >= 0.6 is 0 Å². The highest BCUT2D eigenvalue weighted by molar-refractivity contribution is 5.77. The Morgan fingerprint density at radius 1 is 1.35 bits per heavy atom. The van der Waals surface area contributed by atoms with Gasteiger partial charge in [0, 0.05) is 5.56 Å². The molecular weight excluding hydrogens is 304 g/mol. The van der Waals surface area contributed by atoms with Gasteiger partial charge in [0.15, 0.2) is 0 Å². The van der Waals surface area contributed by atoms with Crippen LogP contribution in [0.1, 0.15) is 57.1 Å². The molecule has 0 bridgehead atoms. The number of benzene rings is 1. The van der Waals surface area contributed by atoms with E-state index in [1.54, 1.807) is 18.2 Å². The summed E-state index contributed by atoms with van der Waals surface area (Å²) in [5.74, 6) is -0.206. The van der Waals surface area contributed by atoms with Crippen molar-refractivity contribution in [2.24, 2.45) is 0 Å². The molecule has 128 valence electrons. The quantitative estimate of drug-likeness (QED) is 0.805. The lowest BCUT2D eigenvalue weighted by molar-refractivity contribution is -0.126. The molecule has 1 aliphatic carbocycles. The van der Waals surface area contributed by atoms with Crippen LogP contribution in [0.3, 0.4) is 0 Å². The molecule has 2 rings (SSSR count). The molecule has 1 amide bonds. The van der Waals surface area contributed by atoms with Gasteiger partial charge in [0.05, 0.1) is 18.1 Å². The predicted octanol–water partition coefficient (Wildman–Crippen LogP) is 3.55. The third kappa shape index (κ3) is 4.89. The molecule has 0 spiro atoms. The molecule has 1 aromatic rings. The van der Waals surface area contributed by atoms with E-state index in [1.165, 1.54) is 6.07 Å². The van der Waals surface area contributed by atoms with Gasteiger partial charge in [-0.2, -0.15) is 8.78 Å². The van der Waals surface area contributed by atoms with Crippen molar-refractivity contribution in [3.8, 4) is 5.75 Å². The molecule has 0 saturated heterocycles. The van der Waals surface area contributed by atoms with Gasteiger partial charge in [0.1, 0.15) is 5.75 Å². The van der Waals surface area contributed by atoms with Crippen LogP contribution in [-0.4, -0.2) is 23.2 Å². The Labute approximate surface area is 134 Å². The van der Waals surface area contributed by atoms with Crippen molar-refractivity contribution < 1.29 is 23.4 Å². The summed E-state index contributed by atoms with van der Waals surface area (Å²) >= 11 is 0. The van der Waals surface area contributed by atoms with Gasteiger partial charge in [-0.05, 0) is 25.3 Å². The number of hydrogen-bond donors (Lipinski definition) is 2. The number of hydrogen-bond acceptors (Lipinski definition) is 3. The number of nitrogens with one attached hydrogen (secondary N) is 1. The second kappa shape index (κ2) is 7.73. The van der Waals surface area contributed by atoms with Crippen molar-refractivity contribution in [1.29, 1.82) is 0 Å². The first kappa shape index (κ1) is 17.7. The van der Waals surface area contributed by atoms with Gasteiger partial charge in [0.2, 0.25) is 5.91 Å². The van der Waals surface area contributed by atoms with Crippen LogP contribution in [0.2, 0.25) is 0 Å². The number of amides is 1. The van der Waals surface area contributed by atoms with E-state index in [0.29, 0.717) is 24.8 Å².